The Kier molecular flexibility index (Phi) is 4.26. The minimum atomic E-state index is 0.216. The Morgan fingerprint density at radius 1 is 1.38 bits per heavy atom. The molecule has 0 saturated carbocycles. The van der Waals surface area contributed by atoms with E-state index >= 15 is 0 Å². The normalized spacial score (nSPS) is 17.8. The van der Waals surface area contributed by atoms with Gasteiger partial charge in [0.05, 0.1) is 6.04 Å². The molecule has 112 valence electrons. The fourth-order valence-electron chi connectivity index (χ4n) is 2.77. The molecule has 1 aliphatic rings. The molecule has 0 aromatic carbocycles. The lowest BCUT2D eigenvalue weighted by molar-refractivity contribution is 0.160. The van der Waals surface area contributed by atoms with Crippen molar-refractivity contribution in [2.75, 3.05) is 26.2 Å². The van der Waals surface area contributed by atoms with Gasteiger partial charge in [0.25, 0.3) is 5.89 Å². The van der Waals surface area contributed by atoms with Crippen molar-refractivity contribution in [2.45, 2.75) is 26.3 Å². The highest BCUT2D eigenvalue weighted by Gasteiger charge is 2.25. The Balaban J connectivity index is 1.84. The Morgan fingerprint density at radius 2 is 2.19 bits per heavy atom. The van der Waals surface area contributed by atoms with Gasteiger partial charge in [-0.05, 0) is 25.0 Å². The first-order chi connectivity index (χ1) is 10.3. The average molecular weight is 287 g/mol. The van der Waals surface area contributed by atoms with Crippen LogP contribution in [0, 0.1) is 6.92 Å². The van der Waals surface area contributed by atoms with Gasteiger partial charge < -0.3 is 9.84 Å². The molecule has 1 N–H and O–H groups in total. The van der Waals surface area contributed by atoms with Gasteiger partial charge in [-0.15, -0.1) is 0 Å². The summed E-state index contributed by atoms with van der Waals surface area (Å²) in [6.07, 6.45) is 2.72. The summed E-state index contributed by atoms with van der Waals surface area (Å²) in [6.45, 7) is 8.23. The van der Waals surface area contributed by atoms with E-state index < -0.39 is 0 Å². The number of aromatic nitrogens is 3. The summed E-state index contributed by atoms with van der Waals surface area (Å²) in [5.41, 5.74) is 1.81. The van der Waals surface area contributed by atoms with Gasteiger partial charge in [0, 0.05) is 32.4 Å². The number of hydrogen-bond donors (Lipinski definition) is 1. The molecule has 1 unspecified atom stereocenters. The number of rotatable bonds is 4. The average Bonchev–Trinajstić information content (AvgIpc) is 2.99. The lowest BCUT2D eigenvalue weighted by Gasteiger charge is -2.32. The maximum Gasteiger partial charge on any atom is 0.276 e. The van der Waals surface area contributed by atoms with Gasteiger partial charge in [0.2, 0.25) is 0 Å². The highest BCUT2D eigenvalue weighted by molar-refractivity contribution is 5.51. The number of nitrogens with zero attached hydrogens (tertiary/aromatic N) is 4. The molecule has 3 heterocycles. The number of piperazine rings is 1. The molecule has 6 nitrogen and oxygen atoms in total. The zero-order valence-electron chi connectivity index (χ0n) is 12.5. The maximum absolute atomic E-state index is 5.44. The van der Waals surface area contributed by atoms with E-state index in [1.54, 1.807) is 6.20 Å². The van der Waals surface area contributed by atoms with Crippen LogP contribution in [0.3, 0.4) is 0 Å². The van der Waals surface area contributed by atoms with Crippen LogP contribution in [0.15, 0.2) is 22.9 Å². The van der Waals surface area contributed by atoms with Crippen molar-refractivity contribution in [2.24, 2.45) is 0 Å². The molecule has 2 aromatic heterocycles. The Morgan fingerprint density at radius 3 is 2.90 bits per heavy atom. The molecule has 3 rings (SSSR count). The smallest absolute Gasteiger partial charge is 0.276 e. The van der Waals surface area contributed by atoms with Crippen LogP contribution in [0.25, 0.3) is 11.6 Å². The van der Waals surface area contributed by atoms with E-state index in [-0.39, 0.29) is 6.04 Å². The first-order valence-corrected chi connectivity index (χ1v) is 7.50. The van der Waals surface area contributed by atoms with Crippen LogP contribution in [0.2, 0.25) is 0 Å². The third-order valence-corrected chi connectivity index (χ3v) is 3.93. The van der Waals surface area contributed by atoms with Gasteiger partial charge in [0.1, 0.15) is 5.69 Å². The fourth-order valence-corrected chi connectivity index (χ4v) is 2.77. The predicted octanol–water partition coefficient (Wildman–Crippen LogP) is 1.80. The fraction of sp³-hybridized carbons (Fsp3) is 0.533. The van der Waals surface area contributed by atoms with Crippen LogP contribution in [0.5, 0.6) is 0 Å². The SMILES string of the molecule is CCC(c1noc(-c2ncccc2C)n1)N1CCNCC1. The van der Waals surface area contributed by atoms with Crippen molar-refractivity contribution < 1.29 is 4.52 Å². The van der Waals surface area contributed by atoms with Crippen molar-refractivity contribution in [1.29, 1.82) is 0 Å². The molecular formula is C15H21N5O. The van der Waals surface area contributed by atoms with E-state index in [0.29, 0.717) is 5.89 Å². The third kappa shape index (κ3) is 2.96. The summed E-state index contributed by atoms with van der Waals surface area (Å²) in [6, 6.07) is 4.12. The Hall–Kier alpha value is -1.79. The minimum absolute atomic E-state index is 0.216. The summed E-state index contributed by atoms with van der Waals surface area (Å²) in [4.78, 5) is 11.3. The van der Waals surface area contributed by atoms with Gasteiger partial charge in [-0.25, -0.2) is 0 Å². The number of nitrogens with one attached hydrogen (secondary N) is 1. The monoisotopic (exact) mass is 287 g/mol. The van der Waals surface area contributed by atoms with Gasteiger partial charge in [-0.3, -0.25) is 9.88 Å². The van der Waals surface area contributed by atoms with Gasteiger partial charge in [-0.2, -0.15) is 4.98 Å². The molecule has 1 atom stereocenters. The second kappa shape index (κ2) is 6.32. The summed E-state index contributed by atoms with van der Waals surface area (Å²) < 4.78 is 5.44. The van der Waals surface area contributed by atoms with Crippen molar-refractivity contribution in [3.63, 3.8) is 0 Å². The second-order valence-corrected chi connectivity index (χ2v) is 5.34. The molecule has 21 heavy (non-hydrogen) atoms. The summed E-state index contributed by atoms with van der Waals surface area (Å²) in [5, 5.41) is 7.56. The van der Waals surface area contributed by atoms with E-state index in [2.05, 4.69) is 32.3 Å². The molecule has 1 aliphatic heterocycles. The van der Waals surface area contributed by atoms with Crippen LogP contribution in [0.4, 0.5) is 0 Å². The van der Waals surface area contributed by atoms with Crippen molar-refractivity contribution in [3.05, 3.63) is 29.7 Å². The zero-order chi connectivity index (χ0) is 14.7. The summed E-state index contributed by atoms with van der Waals surface area (Å²) in [7, 11) is 0. The molecule has 6 heteroatoms. The highest BCUT2D eigenvalue weighted by Crippen LogP contribution is 2.25. The maximum atomic E-state index is 5.44. The highest BCUT2D eigenvalue weighted by atomic mass is 16.5. The topological polar surface area (TPSA) is 67.1 Å². The zero-order valence-corrected chi connectivity index (χ0v) is 12.5. The lowest BCUT2D eigenvalue weighted by atomic mass is 10.1. The van der Waals surface area contributed by atoms with E-state index in [4.69, 9.17) is 4.52 Å². The largest absolute Gasteiger partial charge is 0.332 e. The standard InChI is InChI=1S/C15H21N5O/c1-3-12(20-9-7-16-8-10-20)14-18-15(21-19-14)13-11(2)5-4-6-17-13/h4-6,12,16H,3,7-10H2,1-2H3. The van der Waals surface area contributed by atoms with Crippen molar-refractivity contribution in [3.8, 4) is 11.6 Å². The van der Waals surface area contributed by atoms with E-state index in [1.807, 2.05) is 19.1 Å². The second-order valence-electron chi connectivity index (χ2n) is 5.34. The van der Waals surface area contributed by atoms with Gasteiger partial charge in [-0.1, -0.05) is 18.1 Å². The first-order valence-electron chi connectivity index (χ1n) is 7.50. The first kappa shape index (κ1) is 14.2. The molecule has 0 bridgehead atoms. The number of pyridine rings is 1. The van der Waals surface area contributed by atoms with Crippen LogP contribution >= 0.6 is 0 Å². The van der Waals surface area contributed by atoms with Crippen LogP contribution in [0.1, 0.15) is 30.8 Å². The molecule has 0 spiro atoms. The van der Waals surface area contributed by atoms with Crippen molar-refractivity contribution in [1.82, 2.24) is 25.3 Å². The van der Waals surface area contributed by atoms with Gasteiger partial charge >= 0.3 is 0 Å². The number of aryl methyl sites for hydroxylation is 1. The number of hydrogen-bond acceptors (Lipinski definition) is 6. The quantitative estimate of drug-likeness (QED) is 0.925. The molecule has 0 amide bonds. The summed E-state index contributed by atoms with van der Waals surface area (Å²) in [5.74, 6) is 1.27. The van der Waals surface area contributed by atoms with E-state index in [9.17, 15) is 0 Å². The van der Waals surface area contributed by atoms with Crippen molar-refractivity contribution >= 4 is 0 Å². The Bertz CT molecular complexity index is 591. The minimum Gasteiger partial charge on any atom is -0.332 e. The predicted molar refractivity (Wildman–Crippen MR) is 79.7 cm³/mol. The third-order valence-electron chi connectivity index (χ3n) is 3.93. The molecule has 0 aliphatic carbocycles. The molecule has 1 fully saturated rings. The van der Waals surface area contributed by atoms with Crippen LogP contribution in [-0.4, -0.2) is 46.2 Å². The Labute approximate surface area is 124 Å². The van der Waals surface area contributed by atoms with Crippen LogP contribution in [-0.2, 0) is 0 Å². The molecule has 1 saturated heterocycles. The molecular weight excluding hydrogens is 266 g/mol. The summed E-state index contributed by atoms with van der Waals surface area (Å²) >= 11 is 0. The van der Waals surface area contributed by atoms with Crippen LogP contribution < -0.4 is 5.32 Å². The van der Waals surface area contributed by atoms with E-state index in [1.165, 1.54) is 0 Å². The van der Waals surface area contributed by atoms with E-state index in [0.717, 1.165) is 49.7 Å². The molecule has 2 aromatic rings. The van der Waals surface area contributed by atoms with Gasteiger partial charge in [0.15, 0.2) is 5.82 Å². The molecule has 0 radical (unpaired) electrons. The lowest BCUT2D eigenvalue weighted by Crippen LogP contribution is -2.45.